The molecule has 1 unspecified atom stereocenters. The number of H-pyrrole nitrogens is 1. The van der Waals surface area contributed by atoms with Crippen molar-refractivity contribution in [2.24, 2.45) is 0 Å². The molecule has 2 heterocycles. The second kappa shape index (κ2) is 7.40. The molecule has 2 rings (SSSR count). The number of hydrogen-bond acceptors (Lipinski definition) is 5. The lowest BCUT2D eigenvalue weighted by Crippen LogP contribution is -2.44. The molecule has 1 atom stereocenters. The van der Waals surface area contributed by atoms with E-state index in [0.717, 1.165) is 25.9 Å². The van der Waals surface area contributed by atoms with Gasteiger partial charge in [0.15, 0.2) is 6.10 Å². The highest BCUT2D eigenvalue weighted by molar-refractivity contribution is 5.77. The molecule has 0 saturated carbocycles. The molecule has 0 bridgehead atoms. The molecule has 1 aliphatic rings. The van der Waals surface area contributed by atoms with Gasteiger partial charge in [-0.1, -0.05) is 0 Å². The molecule has 7 heteroatoms. The van der Waals surface area contributed by atoms with Crippen LogP contribution in [0.1, 0.15) is 38.1 Å². The summed E-state index contributed by atoms with van der Waals surface area (Å²) in [5.74, 6) is 0.0899. The number of amides is 1. The van der Waals surface area contributed by atoms with Crippen molar-refractivity contribution in [3.8, 4) is 0 Å². The number of aromatic amines is 1. The number of ether oxygens (including phenoxy) is 1. The average molecular weight is 308 g/mol. The molecule has 1 amide bonds. The molecular formula is C15H24N4O3. The Morgan fingerprint density at radius 1 is 1.45 bits per heavy atom. The number of imidazole rings is 1. The largest absolute Gasteiger partial charge is 0.454 e. The SMILES string of the molecule is CC(=O)OC(CC(=O)N1CCC(N(C)C)CC1)c1ncc[nH]1. The van der Waals surface area contributed by atoms with Gasteiger partial charge in [0.1, 0.15) is 5.82 Å². The highest BCUT2D eigenvalue weighted by Crippen LogP contribution is 2.21. The highest BCUT2D eigenvalue weighted by atomic mass is 16.5. The number of hydrogen-bond donors (Lipinski definition) is 1. The van der Waals surface area contributed by atoms with E-state index in [1.807, 2.05) is 4.90 Å². The summed E-state index contributed by atoms with van der Waals surface area (Å²) in [5, 5.41) is 0. The van der Waals surface area contributed by atoms with E-state index in [0.29, 0.717) is 11.9 Å². The number of piperidine rings is 1. The average Bonchev–Trinajstić information content (AvgIpc) is 3.00. The third-order valence-corrected chi connectivity index (χ3v) is 4.04. The van der Waals surface area contributed by atoms with Crippen molar-refractivity contribution in [2.45, 2.75) is 38.3 Å². The summed E-state index contributed by atoms with van der Waals surface area (Å²) in [4.78, 5) is 34.7. The number of carbonyl (C=O) groups excluding carboxylic acids is 2. The lowest BCUT2D eigenvalue weighted by atomic mass is 10.0. The Hall–Kier alpha value is -1.89. The van der Waals surface area contributed by atoms with Crippen LogP contribution in [0.25, 0.3) is 0 Å². The van der Waals surface area contributed by atoms with Gasteiger partial charge in [-0.05, 0) is 26.9 Å². The first kappa shape index (κ1) is 16.5. The second-order valence-corrected chi connectivity index (χ2v) is 5.85. The molecule has 7 nitrogen and oxygen atoms in total. The van der Waals surface area contributed by atoms with Crippen LogP contribution in [0.5, 0.6) is 0 Å². The Labute approximate surface area is 130 Å². The summed E-state index contributed by atoms with van der Waals surface area (Å²) < 4.78 is 5.23. The molecule has 0 spiro atoms. The van der Waals surface area contributed by atoms with Crippen LogP contribution < -0.4 is 0 Å². The molecular weight excluding hydrogens is 284 g/mol. The van der Waals surface area contributed by atoms with Gasteiger partial charge >= 0.3 is 5.97 Å². The van der Waals surface area contributed by atoms with Crippen molar-refractivity contribution in [2.75, 3.05) is 27.2 Å². The van der Waals surface area contributed by atoms with E-state index < -0.39 is 12.1 Å². The first-order valence-corrected chi connectivity index (χ1v) is 7.58. The molecule has 122 valence electrons. The molecule has 1 N–H and O–H groups in total. The fraction of sp³-hybridized carbons (Fsp3) is 0.667. The van der Waals surface area contributed by atoms with Gasteiger partial charge in [-0.2, -0.15) is 0 Å². The number of esters is 1. The maximum atomic E-state index is 12.4. The lowest BCUT2D eigenvalue weighted by molar-refractivity contribution is -0.150. The molecule has 1 aromatic rings. The zero-order valence-electron chi connectivity index (χ0n) is 13.4. The van der Waals surface area contributed by atoms with Gasteiger partial charge in [0.25, 0.3) is 0 Å². The lowest BCUT2D eigenvalue weighted by Gasteiger charge is -2.35. The number of aromatic nitrogens is 2. The van der Waals surface area contributed by atoms with E-state index in [4.69, 9.17) is 4.74 Å². The topological polar surface area (TPSA) is 78.5 Å². The van der Waals surface area contributed by atoms with Gasteiger partial charge in [-0.3, -0.25) is 9.59 Å². The Bertz CT molecular complexity index is 493. The number of nitrogens with zero attached hydrogens (tertiary/aromatic N) is 3. The Morgan fingerprint density at radius 3 is 2.64 bits per heavy atom. The highest BCUT2D eigenvalue weighted by Gasteiger charge is 2.28. The summed E-state index contributed by atoms with van der Waals surface area (Å²) in [5.41, 5.74) is 0. The summed E-state index contributed by atoms with van der Waals surface area (Å²) in [6, 6.07) is 0.526. The Kier molecular flexibility index (Phi) is 5.54. The fourth-order valence-electron chi connectivity index (χ4n) is 2.77. The van der Waals surface area contributed by atoms with E-state index in [1.54, 1.807) is 12.4 Å². The second-order valence-electron chi connectivity index (χ2n) is 5.85. The summed E-state index contributed by atoms with van der Waals surface area (Å²) >= 11 is 0. The van der Waals surface area contributed by atoms with Crippen molar-refractivity contribution in [1.29, 1.82) is 0 Å². The molecule has 0 radical (unpaired) electrons. The zero-order chi connectivity index (χ0) is 16.1. The van der Waals surface area contributed by atoms with Crippen molar-refractivity contribution in [1.82, 2.24) is 19.8 Å². The van der Waals surface area contributed by atoms with Crippen molar-refractivity contribution >= 4 is 11.9 Å². The van der Waals surface area contributed by atoms with E-state index in [2.05, 4.69) is 29.0 Å². The maximum Gasteiger partial charge on any atom is 0.303 e. The van der Waals surface area contributed by atoms with Gasteiger partial charge in [0.2, 0.25) is 5.91 Å². The standard InChI is InChI=1S/C15H24N4O3/c1-11(20)22-13(15-16-6-7-17-15)10-14(21)19-8-4-12(5-9-19)18(2)3/h6-7,12-13H,4-5,8-10H2,1-3H3,(H,16,17). The first-order valence-electron chi connectivity index (χ1n) is 7.58. The molecule has 0 aromatic carbocycles. The van der Waals surface area contributed by atoms with Crippen LogP contribution >= 0.6 is 0 Å². The third kappa shape index (κ3) is 4.30. The summed E-state index contributed by atoms with van der Waals surface area (Å²) in [6.07, 6.45) is 4.65. The monoisotopic (exact) mass is 308 g/mol. The van der Waals surface area contributed by atoms with Gasteiger partial charge in [-0.25, -0.2) is 4.98 Å². The van der Waals surface area contributed by atoms with Crippen LogP contribution in [-0.2, 0) is 14.3 Å². The summed E-state index contributed by atoms with van der Waals surface area (Å²) in [6.45, 7) is 2.82. The van der Waals surface area contributed by atoms with E-state index >= 15 is 0 Å². The number of carbonyl (C=O) groups is 2. The fourth-order valence-corrected chi connectivity index (χ4v) is 2.77. The van der Waals surface area contributed by atoms with Crippen LogP contribution in [0, 0.1) is 0 Å². The van der Waals surface area contributed by atoms with E-state index in [1.165, 1.54) is 6.92 Å². The predicted molar refractivity (Wildman–Crippen MR) is 81.0 cm³/mol. The first-order chi connectivity index (χ1) is 10.5. The number of likely N-dealkylation sites (tertiary alicyclic amines) is 1. The molecule has 1 aliphatic heterocycles. The minimum Gasteiger partial charge on any atom is -0.454 e. The summed E-state index contributed by atoms with van der Waals surface area (Å²) in [7, 11) is 4.13. The third-order valence-electron chi connectivity index (χ3n) is 4.04. The Balaban J connectivity index is 1.93. The van der Waals surface area contributed by atoms with Crippen LogP contribution in [0.15, 0.2) is 12.4 Å². The quantitative estimate of drug-likeness (QED) is 0.820. The van der Waals surface area contributed by atoms with Crippen LogP contribution in [0.2, 0.25) is 0 Å². The Morgan fingerprint density at radius 2 is 2.14 bits per heavy atom. The van der Waals surface area contributed by atoms with Crippen molar-refractivity contribution in [3.63, 3.8) is 0 Å². The van der Waals surface area contributed by atoms with Crippen LogP contribution in [0.3, 0.4) is 0 Å². The van der Waals surface area contributed by atoms with Crippen molar-refractivity contribution in [3.05, 3.63) is 18.2 Å². The molecule has 1 fully saturated rings. The van der Waals surface area contributed by atoms with Crippen molar-refractivity contribution < 1.29 is 14.3 Å². The van der Waals surface area contributed by atoms with E-state index in [-0.39, 0.29) is 12.3 Å². The molecule has 0 aliphatic carbocycles. The maximum absolute atomic E-state index is 12.4. The van der Waals surface area contributed by atoms with Crippen LogP contribution in [0.4, 0.5) is 0 Å². The van der Waals surface area contributed by atoms with Gasteiger partial charge in [0, 0.05) is 38.4 Å². The molecule has 1 saturated heterocycles. The predicted octanol–water partition coefficient (Wildman–Crippen LogP) is 0.957. The van der Waals surface area contributed by atoms with Gasteiger partial charge in [0.05, 0.1) is 6.42 Å². The normalized spacial score (nSPS) is 17.5. The molecule has 22 heavy (non-hydrogen) atoms. The van der Waals surface area contributed by atoms with Gasteiger partial charge in [-0.15, -0.1) is 0 Å². The smallest absolute Gasteiger partial charge is 0.303 e. The van der Waals surface area contributed by atoms with Crippen LogP contribution in [-0.4, -0.2) is 64.9 Å². The zero-order valence-corrected chi connectivity index (χ0v) is 13.4. The van der Waals surface area contributed by atoms with E-state index in [9.17, 15) is 9.59 Å². The minimum atomic E-state index is -0.647. The number of rotatable bonds is 5. The molecule has 1 aromatic heterocycles. The minimum absolute atomic E-state index is 0.000133. The number of nitrogens with one attached hydrogen (secondary N) is 1. The van der Waals surface area contributed by atoms with Gasteiger partial charge < -0.3 is 19.5 Å².